The molecule has 11 heavy (non-hydrogen) atoms. The lowest BCUT2D eigenvalue weighted by atomic mass is 10.3. The maximum Gasteiger partial charge on any atom is 0.337 e. The molecule has 61 valence electrons. The molecule has 1 heterocycles. The third kappa shape index (κ3) is 1.47. The monoisotopic (exact) mass is 192 g/mol. The lowest BCUT2D eigenvalue weighted by Gasteiger charge is -2.17. The Bertz CT molecular complexity index is 218. The van der Waals surface area contributed by atoms with Crippen LogP contribution in [-0.2, 0) is 4.79 Å². The van der Waals surface area contributed by atoms with Gasteiger partial charge in [-0.1, -0.05) is 0 Å². The molecular weight excluding hydrogens is 186 g/mol. The Morgan fingerprint density at radius 1 is 1.91 bits per heavy atom. The van der Waals surface area contributed by atoms with E-state index in [0.717, 1.165) is 23.7 Å². The molecule has 0 aromatic heterocycles. The van der Waals surface area contributed by atoms with Crippen LogP contribution in [0.5, 0.6) is 0 Å². The summed E-state index contributed by atoms with van der Waals surface area (Å²) >= 11 is 1.74. The van der Waals surface area contributed by atoms with Crippen LogP contribution in [0.25, 0.3) is 0 Å². The summed E-state index contributed by atoms with van der Waals surface area (Å²) in [6.45, 7) is 0. The number of carbonyl (C=O) groups is 1. The Hall–Kier alpha value is -0.330. The van der Waals surface area contributed by atoms with E-state index >= 15 is 0 Å². The highest BCUT2D eigenvalue weighted by molar-refractivity contribution is 8.18. The van der Waals surface area contributed by atoms with E-state index in [1.165, 1.54) is 6.20 Å². The molecule has 0 saturated carbocycles. The molecule has 1 atom stereocenters. The first kappa shape index (κ1) is 8.76. The quantitative estimate of drug-likeness (QED) is 0.434. The maximum absolute atomic E-state index is 10.5. The molecule has 0 spiro atoms. The van der Waals surface area contributed by atoms with Crippen LogP contribution in [0.15, 0.2) is 11.8 Å². The second kappa shape index (κ2) is 2.96. The Morgan fingerprint density at radius 3 is 2.91 bits per heavy atom. The Kier molecular flexibility index (Phi) is 2.36. The second-order valence-electron chi connectivity index (χ2n) is 1.81. The topological polar surface area (TPSA) is 69.6 Å². The van der Waals surface area contributed by atoms with Gasteiger partial charge in [0.2, 0.25) is 4.27 Å². The summed E-state index contributed by atoms with van der Waals surface area (Å²) in [6.07, 6.45) is 4.63. The molecule has 6 heteroatoms. The zero-order chi connectivity index (χ0) is 8.48. The van der Waals surface area contributed by atoms with Crippen molar-refractivity contribution in [3.63, 3.8) is 0 Å². The molecular formula is C5H6NO3S2. The standard InChI is InChI=1S/C5H6NO3S2/c1-10-5(9)3(4(7)8)2-6-11-5/h2,6,9H,1H2,(H,7,8). The molecule has 0 aromatic carbocycles. The van der Waals surface area contributed by atoms with Crippen molar-refractivity contribution in [3.8, 4) is 0 Å². The highest BCUT2D eigenvalue weighted by atomic mass is 32.2. The van der Waals surface area contributed by atoms with Crippen LogP contribution in [0.1, 0.15) is 0 Å². The fraction of sp³-hybridized carbons (Fsp3) is 0.200. The van der Waals surface area contributed by atoms with Gasteiger partial charge in [0.1, 0.15) is 5.57 Å². The lowest BCUT2D eigenvalue weighted by Crippen LogP contribution is -2.23. The average Bonchev–Trinajstić information content (AvgIpc) is 2.32. The van der Waals surface area contributed by atoms with Crippen molar-refractivity contribution < 1.29 is 15.0 Å². The second-order valence-corrected chi connectivity index (χ2v) is 3.98. The van der Waals surface area contributed by atoms with E-state index in [4.69, 9.17) is 5.11 Å². The summed E-state index contributed by atoms with van der Waals surface area (Å²) in [6, 6.07) is 0. The minimum atomic E-state index is -1.45. The van der Waals surface area contributed by atoms with E-state index in [-0.39, 0.29) is 5.57 Å². The van der Waals surface area contributed by atoms with Gasteiger partial charge in [-0.2, -0.15) is 0 Å². The molecule has 1 aliphatic rings. The van der Waals surface area contributed by atoms with Gasteiger partial charge in [-0.25, -0.2) is 4.79 Å². The van der Waals surface area contributed by atoms with Crippen molar-refractivity contribution in [2.24, 2.45) is 0 Å². The molecule has 4 nitrogen and oxygen atoms in total. The van der Waals surface area contributed by atoms with Gasteiger partial charge >= 0.3 is 5.97 Å². The van der Waals surface area contributed by atoms with E-state index in [2.05, 4.69) is 11.0 Å². The smallest absolute Gasteiger partial charge is 0.337 e. The van der Waals surface area contributed by atoms with Crippen LogP contribution >= 0.6 is 23.7 Å². The third-order valence-corrected chi connectivity index (χ3v) is 3.11. The van der Waals surface area contributed by atoms with E-state index in [9.17, 15) is 9.90 Å². The minimum absolute atomic E-state index is 0.0810. The highest BCUT2D eigenvalue weighted by Crippen LogP contribution is 2.42. The van der Waals surface area contributed by atoms with Crippen LogP contribution < -0.4 is 4.72 Å². The van der Waals surface area contributed by atoms with E-state index < -0.39 is 10.2 Å². The predicted molar refractivity (Wildman–Crippen MR) is 44.3 cm³/mol. The van der Waals surface area contributed by atoms with E-state index in [1.807, 2.05) is 0 Å². The van der Waals surface area contributed by atoms with Crippen LogP contribution in [0.2, 0.25) is 0 Å². The number of rotatable bonds is 2. The molecule has 0 bridgehead atoms. The molecule has 1 rings (SSSR count). The van der Waals surface area contributed by atoms with Crippen LogP contribution in [-0.4, -0.2) is 20.4 Å². The fourth-order valence-electron chi connectivity index (χ4n) is 0.619. The largest absolute Gasteiger partial charge is 0.478 e. The van der Waals surface area contributed by atoms with Crippen molar-refractivity contribution in [1.29, 1.82) is 0 Å². The number of aliphatic carboxylic acids is 1. The first-order valence-corrected chi connectivity index (χ1v) is 4.43. The molecule has 0 aromatic rings. The summed E-state index contributed by atoms with van der Waals surface area (Å²) < 4.78 is 1.11. The molecule has 3 N–H and O–H groups in total. The Balaban J connectivity index is 2.86. The first-order chi connectivity index (χ1) is 5.10. The van der Waals surface area contributed by atoms with Gasteiger partial charge in [0.15, 0.2) is 0 Å². The molecule has 1 unspecified atom stereocenters. The third-order valence-electron chi connectivity index (χ3n) is 1.17. The number of hydrogen-bond donors (Lipinski definition) is 3. The van der Waals surface area contributed by atoms with Gasteiger partial charge in [0.25, 0.3) is 0 Å². The summed E-state index contributed by atoms with van der Waals surface area (Å²) in [5, 5.41) is 18.0. The maximum atomic E-state index is 10.5. The average molecular weight is 192 g/mol. The van der Waals surface area contributed by atoms with Gasteiger partial charge < -0.3 is 14.9 Å². The number of nitrogens with one attached hydrogen (secondary N) is 1. The molecule has 0 amide bonds. The molecule has 0 saturated heterocycles. The van der Waals surface area contributed by atoms with Crippen molar-refractivity contribution in [1.82, 2.24) is 4.72 Å². The summed E-state index contributed by atoms with van der Waals surface area (Å²) in [4.78, 5) is 10.5. The Morgan fingerprint density at radius 2 is 2.55 bits per heavy atom. The molecule has 0 fully saturated rings. The summed E-state index contributed by atoms with van der Waals surface area (Å²) in [7, 11) is 0. The van der Waals surface area contributed by atoms with Gasteiger partial charge in [0, 0.05) is 12.5 Å². The van der Waals surface area contributed by atoms with Gasteiger partial charge in [0.05, 0.1) is 0 Å². The zero-order valence-corrected chi connectivity index (χ0v) is 7.04. The normalized spacial score (nSPS) is 29.5. The first-order valence-electron chi connectivity index (χ1n) is 2.63. The number of carboxylic acid groups (broad SMARTS) is 1. The van der Waals surface area contributed by atoms with Crippen molar-refractivity contribution in [3.05, 3.63) is 18.0 Å². The number of hydrogen-bond acceptors (Lipinski definition) is 5. The van der Waals surface area contributed by atoms with Gasteiger partial charge in [-0.05, 0) is 11.9 Å². The van der Waals surface area contributed by atoms with Crippen molar-refractivity contribution >= 4 is 29.7 Å². The summed E-state index contributed by atoms with van der Waals surface area (Å²) in [5.74, 6) is -1.14. The minimum Gasteiger partial charge on any atom is -0.478 e. The van der Waals surface area contributed by atoms with E-state index in [0.29, 0.717) is 0 Å². The fourth-order valence-corrected chi connectivity index (χ4v) is 1.89. The van der Waals surface area contributed by atoms with Crippen LogP contribution in [0.4, 0.5) is 0 Å². The molecule has 1 radical (unpaired) electrons. The van der Waals surface area contributed by atoms with Gasteiger partial charge in [-0.3, -0.25) is 0 Å². The number of aliphatic hydroxyl groups is 1. The summed E-state index contributed by atoms with van der Waals surface area (Å²) in [5.41, 5.74) is -0.0810. The van der Waals surface area contributed by atoms with E-state index in [1.54, 1.807) is 0 Å². The number of carboxylic acids is 1. The van der Waals surface area contributed by atoms with Crippen LogP contribution in [0, 0.1) is 6.26 Å². The molecule has 1 aliphatic heterocycles. The van der Waals surface area contributed by atoms with Gasteiger partial charge in [-0.15, -0.1) is 11.8 Å². The molecule has 0 aliphatic carbocycles. The van der Waals surface area contributed by atoms with Crippen molar-refractivity contribution in [2.75, 3.05) is 0 Å². The number of thioether (sulfide) groups is 1. The predicted octanol–water partition coefficient (Wildman–Crippen LogP) is 0.377. The van der Waals surface area contributed by atoms with Crippen LogP contribution in [0.3, 0.4) is 0 Å². The SMILES string of the molecule is [CH2]SC1(O)SNC=C1C(=O)O. The Labute approximate surface area is 72.2 Å². The van der Waals surface area contributed by atoms with Crippen molar-refractivity contribution in [2.45, 2.75) is 4.27 Å². The highest BCUT2D eigenvalue weighted by Gasteiger charge is 2.40. The lowest BCUT2D eigenvalue weighted by molar-refractivity contribution is -0.133. The zero-order valence-electron chi connectivity index (χ0n) is 5.40.